The third-order valence-corrected chi connectivity index (χ3v) is 3.67. The molecule has 1 amide bonds. The van der Waals surface area contributed by atoms with Gasteiger partial charge in [-0.05, 0) is 51.2 Å². The van der Waals surface area contributed by atoms with Crippen LogP contribution in [0, 0.1) is 19.8 Å². The van der Waals surface area contributed by atoms with Gasteiger partial charge in [-0.25, -0.2) is 4.79 Å². The molecule has 1 N–H and O–H groups in total. The summed E-state index contributed by atoms with van der Waals surface area (Å²) >= 11 is 0. The molecule has 1 aliphatic carbocycles. The first-order valence-electron chi connectivity index (χ1n) is 7.01. The molecule has 1 fully saturated rings. The Kier molecular flexibility index (Phi) is 4.42. The van der Waals surface area contributed by atoms with E-state index < -0.39 is 5.97 Å². The van der Waals surface area contributed by atoms with Gasteiger partial charge in [0.15, 0.2) is 6.61 Å². The first-order valence-corrected chi connectivity index (χ1v) is 7.01. The number of rotatable bonds is 5. The van der Waals surface area contributed by atoms with Crippen LogP contribution < -0.4 is 5.32 Å². The van der Waals surface area contributed by atoms with E-state index in [4.69, 9.17) is 4.74 Å². The van der Waals surface area contributed by atoms with E-state index in [1.807, 2.05) is 32.9 Å². The zero-order valence-electron chi connectivity index (χ0n) is 12.2. The average molecular weight is 275 g/mol. The predicted octanol–water partition coefficient (Wildman–Crippen LogP) is 2.37. The number of nitrogens with one attached hydrogen (secondary N) is 1. The minimum absolute atomic E-state index is 0.168. The predicted molar refractivity (Wildman–Crippen MR) is 76.5 cm³/mol. The molecule has 1 aliphatic rings. The van der Waals surface area contributed by atoms with E-state index in [-0.39, 0.29) is 18.6 Å². The summed E-state index contributed by atoms with van der Waals surface area (Å²) < 4.78 is 5.08. The van der Waals surface area contributed by atoms with Crippen molar-refractivity contribution in [1.82, 2.24) is 5.32 Å². The number of hydrogen-bond acceptors (Lipinski definition) is 3. The van der Waals surface area contributed by atoms with Crippen molar-refractivity contribution in [1.29, 1.82) is 0 Å². The monoisotopic (exact) mass is 275 g/mol. The summed E-state index contributed by atoms with van der Waals surface area (Å²) in [7, 11) is 0. The van der Waals surface area contributed by atoms with Crippen LogP contribution in [0.5, 0.6) is 0 Å². The summed E-state index contributed by atoms with van der Waals surface area (Å²) in [5.74, 6) is -0.0860. The van der Waals surface area contributed by atoms with Gasteiger partial charge < -0.3 is 10.1 Å². The number of carbonyl (C=O) groups excluding carboxylic acids is 2. The normalized spacial score (nSPS) is 15.6. The van der Waals surface area contributed by atoms with Crippen molar-refractivity contribution in [2.24, 2.45) is 5.92 Å². The van der Waals surface area contributed by atoms with Gasteiger partial charge in [-0.2, -0.15) is 0 Å². The van der Waals surface area contributed by atoms with Crippen LogP contribution in [0.4, 0.5) is 0 Å². The maximum absolute atomic E-state index is 12.0. The van der Waals surface area contributed by atoms with Crippen molar-refractivity contribution in [3.8, 4) is 0 Å². The molecule has 1 aromatic rings. The molecule has 20 heavy (non-hydrogen) atoms. The van der Waals surface area contributed by atoms with Crippen LogP contribution in [0.3, 0.4) is 0 Å². The molecule has 0 bridgehead atoms. The van der Waals surface area contributed by atoms with Gasteiger partial charge in [0, 0.05) is 6.04 Å². The molecule has 0 radical (unpaired) electrons. The minimum Gasteiger partial charge on any atom is -0.452 e. The lowest BCUT2D eigenvalue weighted by Crippen LogP contribution is -2.37. The van der Waals surface area contributed by atoms with Gasteiger partial charge in [-0.15, -0.1) is 0 Å². The molecule has 1 saturated carbocycles. The van der Waals surface area contributed by atoms with E-state index in [2.05, 4.69) is 5.32 Å². The molecule has 1 aromatic carbocycles. The van der Waals surface area contributed by atoms with E-state index >= 15 is 0 Å². The molecule has 0 aromatic heterocycles. The highest BCUT2D eigenvalue weighted by atomic mass is 16.5. The maximum atomic E-state index is 12.0. The van der Waals surface area contributed by atoms with Crippen molar-refractivity contribution in [3.63, 3.8) is 0 Å². The molecule has 1 atom stereocenters. The molecular weight excluding hydrogens is 254 g/mol. The molecule has 4 nitrogen and oxygen atoms in total. The van der Waals surface area contributed by atoms with Crippen molar-refractivity contribution in [2.75, 3.05) is 6.61 Å². The number of amides is 1. The SMILES string of the molecule is Cc1ccc(C)c(C(=O)OCC(=O)N[C@@H](C)C2CC2)c1. The van der Waals surface area contributed by atoms with Crippen molar-refractivity contribution < 1.29 is 14.3 Å². The van der Waals surface area contributed by atoms with E-state index in [1.165, 1.54) is 12.8 Å². The fraction of sp³-hybridized carbons (Fsp3) is 0.500. The Morgan fingerprint density at radius 3 is 2.70 bits per heavy atom. The molecule has 2 rings (SSSR count). The molecule has 0 saturated heterocycles. The second-order valence-corrected chi connectivity index (χ2v) is 5.59. The standard InChI is InChI=1S/C16H21NO3/c1-10-4-5-11(2)14(8-10)16(19)20-9-15(18)17-12(3)13-6-7-13/h4-5,8,12-13H,6-7,9H2,1-3H3,(H,17,18)/t12-/m0/s1. The first kappa shape index (κ1) is 14.6. The Bertz CT molecular complexity index is 520. The van der Waals surface area contributed by atoms with Gasteiger partial charge in [0.25, 0.3) is 5.91 Å². The Morgan fingerprint density at radius 1 is 1.35 bits per heavy atom. The van der Waals surface area contributed by atoms with Crippen LogP contribution in [0.25, 0.3) is 0 Å². The Morgan fingerprint density at radius 2 is 2.05 bits per heavy atom. The number of hydrogen-bond donors (Lipinski definition) is 1. The second-order valence-electron chi connectivity index (χ2n) is 5.59. The summed E-state index contributed by atoms with van der Waals surface area (Å²) in [4.78, 5) is 23.6. The van der Waals surface area contributed by atoms with E-state index in [9.17, 15) is 9.59 Å². The Labute approximate surface area is 119 Å². The van der Waals surface area contributed by atoms with Gasteiger partial charge in [0.2, 0.25) is 0 Å². The summed E-state index contributed by atoms with van der Waals surface area (Å²) in [6.45, 7) is 5.54. The average Bonchev–Trinajstić information content (AvgIpc) is 3.23. The smallest absolute Gasteiger partial charge is 0.338 e. The summed E-state index contributed by atoms with van der Waals surface area (Å²) in [5, 5.41) is 2.86. The van der Waals surface area contributed by atoms with Gasteiger partial charge in [0.05, 0.1) is 5.56 Å². The quantitative estimate of drug-likeness (QED) is 0.839. The molecule has 0 aliphatic heterocycles. The fourth-order valence-electron chi connectivity index (χ4n) is 2.17. The van der Waals surface area contributed by atoms with Crippen LogP contribution in [-0.2, 0) is 9.53 Å². The zero-order chi connectivity index (χ0) is 14.7. The number of ether oxygens (including phenoxy) is 1. The van der Waals surface area contributed by atoms with Gasteiger partial charge in [-0.1, -0.05) is 17.7 Å². The van der Waals surface area contributed by atoms with Crippen molar-refractivity contribution in [3.05, 3.63) is 34.9 Å². The summed E-state index contributed by atoms with van der Waals surface area (Å²) in [5.41, 5.74) is 2.37. The third-order valence-electron chi connectivity index (χ3n) is 3.67. The number of carbonyl (C=O) groups is 2. The van der Waals surface area contributed by atoms with Crippen LogP contribution in [0.2, 0.25) is 0 Å². The molecule has 0 unspecified atom stereocenters. The fourth-order valence-corrected chi connectivity index (χ4v) is 2.17. The Balaban J connectivity index is 1.85. The van der Waals surface area contributed by atoms with Crippen molar-refractivity contribution in [2.45, 2.75) is 39.7 Å². The number of esters is 1. The molecule has 4 heteroatoms. The van der Waals surface area contributed by atoms with Gasteiger partial charge >= 0.3 is 5.97 Å². The van der Waals surface area contributed by atoms with Crippen LogP contribution >= 0.6 is 0 Å². The van der Waals surface area contributed by atoms with Gasteiger partial charge in [0.1, 0.15) is 0 Å². The van der Waals surface area contributed by atoms with Crippen molar-refractivity contribution >= 4 is 11.9 Å². The number of benzene rings is 1. The molecule has 0 spiro atoms. The molecule has 108 valence electrons. The van der Waals surface area contributed by atoms with Gasteiger partial charge in [-0.3, -0.25) is 4.79 Å². The molecular formula is C16H21NO3. The summed E-state index contributed by atoms with van der Waals surface area (Å²) in [6.07, 6.45) is 2.34. The lowest BCUT2D eigenvalue weighted by atomic mass is 10.1. The second kappa shape index (κ2) is 6.07. The highest BCUT2D eigenvalue weighted by molar-refractivity contribution is 5.92. The van der Waals surface area contributed by atoms with Crippen LogP contribution in [0.15, 0.2) is 18.2 Å². The van der Waals surface area contributed by atoms with E-state index in [0.717, 1.165) is 11.1 Å². The van der Waals surface area contributed by atoms with E-state index in [0.29, 0.717) is 11.5 Å². The highest BCUT2D eigenvalue weighted by Gasteiger charge is 2.29. The maximum Gasteiger partial charge on any atom is 0.338 e. The largest absolute Gasteiger partial charge is 0.452 e. The lowest BCUT2D eigenvalue weighted by Gasteiger charge is -2.13. The first-order chi connectivity index (χ1) is 9.47. The Hall–Kier alpha value is -1.84. The van der Waals surface area contributed by atoms with Crippen LogP contribution in [-0.4, -0.2) is 24.5 Å². The lowest BCUT2D eigenvalue weighted by molar-refractivity contribution is -0.124. The third kappa shape index (κ3) is 3.83. The minimum atomic E-state index is -0.444. The molecule has 0 heterocycles. The van der Waals surface area contributed by atoms with Crippen LogP contribution in [0.1, 0.15) is 41.3 Å². The number of aryl methyl sites for hydroxylation is 2. The highest BCUT2D eigenvalue weighted by Crippen LogP contribution is 2.32. The summed E-state index contributed by atoms with van der Waals surface area (Å²) in [6, 6.07) is 5.77. The topological polar surface area (TPSA) is 55.4 Å². The zero-order valence-corrected chi connectivity index (χ0v) is 12.2. The van der Waals surface area contributed by atoms with E-state index in [1.54, 1.807) is 6.07 Å².